The smallest absolute Gasteiger partial charge is 0.327 e. The number of anilines is 1. The fourth-order valence-electron chi connectivity index (χ4n) is 2.62. The van der Waals surface area contributed by atoms with Gasteiger partial charge in [0, 0.05) is 32.4 Å². The molecule has 1 aromatic rings. The molecule has 0 spiro atoms. The van der Waals surface area contributed by atoms with Crippen LogP contribution < -0.4 is 15.5 Å². The highest BCUT2D eigenvalue weighted by Gasteiger charge is 2.25. The van der Waals surface area contributed by atoms with Crippen LogP contribution in [-0.2, 0) is 4.79 Å². The molecule has 5 amide bonds. The van der Waals surface area contributed by atoms with Gasteiger partial charge >= 0.3 is 12.1 Å². The van der Waals surface area contributed by atoms with Gasteiger partial charge in [-0.2, -0.15) is 0 Å². The first-order valence-electron chi connectivity index (χ1n) is 7.75. The van der Waals surface area contributed by atoms with Crippen LogP contribution in [0.3, 0.4) is 0 Å². The van der Waals surface area contributed by atoms with Crippen molar-refractivity contribution < 1.29 is 14.4 Å². The van der Waals surface area contributed by atoms with Crippen LogP contribution in [0.2, 0.25) is 0 Å². The van der Waals surface area contributed by atoms with Crippen LogP contribution in [0.25, 0.3) is 0 Å². The van der Waals surface area contributed by atoms with Crippen molar-refractivity contribution >= 4 is 24.2 Å². The predicted octanol–water partition coefficient (Wildman–Crippen LogP) is 0.540. The molecule has 126 valence electrons. The average Bonchev–Trinajstić information content (AvgIpc) is 2.62. The number of urea groups is 2. The summed E-state index contributed by atoms with van der Waals surface area (Å²) in [7, 11) is 0. The molecule has 0 aliphatic carbocycles. The van der Waals surface area contributed by atoms with E-state index in [9.17, 15) is 14.4 Å². The number of para-hydroxylation sites is 1. The van der Waals surface area contributed by atoms with Crippen molar-refractivity contribution in [2.24, 2.45) is 0 Å². The summed E-state index contributed by atoms with van der Waals surface area (Å²) < 4.78 is 0. The molecular formula is C16H19N5O3. The van der Waals surface area contributed by atoms with Crippen molar-refractivity contribution in [3.05, 3.63) is 42.6 Å². The molecule has 2 N–H and O–H groups in total. The van der Waals surface area contributed by atoms with E-state index in [-0.39, 0.29) is 12.1 Å². The lowest BCUT2D eigenvalue weighted by Gasteiger charge is -2.34. The Bertz CT molecular complexity index is 640. The van der Waals surface area contributed by atoms with Gasteiger partial charge in [-0.05, 0) is 18.2 Å². The first kappa shape index (κ1) is 15.9. The summed E-state index contributed by atoms with van der Waals surface area (Å²) in [5.41, 5.74) is 0.751. The van der Waals surface area contributed by atoms with E-state index in [0.717, 1.165) is 12.1 Å². The Morgan fingerprint density at radius 3 is 2.50 bits per heavy atom. The molecule has 0 saturated carbocycles. The summed E-state index contributed by atoms with van der Waals surface area (Å²) in [6.45, 7) is 1.99. The number of benzene rings is 1. The molecule has 2 aliphatic rings. The normalized spacial score (nSPS) is 20.6. The van der Waals surface area contributed by atoms with Crippen molar-refractivity contribution in [3.63, 3.8) is 0 Å². The first-order valence-corrected chi connectivity index (χ1v) is 7.75. The minimum Gasteiger partial charge on any atom is -0.342 e. The molecule has 0 aromatic heterocycles. The Morgan fingerprint density at radius 1 is 1.17 bits per heavy atom. The molecule has 2 aliphatic heterocycles. The second kappa shape index (κ2) is 7.03. The Morgan fingerprint density at radius 2 is 1.88 bits per heavy atom. The topological polar surface area (TPSA) is 85.0 Å². The zero-order valence-electron chi connectivity index (χ0n) is 13.1. The van der Waals surface area contributed by atoms with E-state index >= 15 is 0 Å². The number of nitrogens with zero attached hydrogens (tertiary/aromatic N) is 3. The van der Waals surface area contributed by atoms with E-state index in [1.165, 1.54) is 4.90 Å². The van der Waals surface area contributed by atoms with Crippen LogP contribution in [-0.4, -0.2) is 60.6 Å². The third-order valence-corrected chi connectivity index (χ3v) is 3.99. The molecule has 1 aromatic carbocycles. The van der Waals surface area contributed by atoms with E-state index in [1.807, 2.05) is 30.3 Å². The molecule has 8 heteroatoms. The molecule has 1 saturated heterocycles. The van der Waals surface area contributed by atoms with Crippen molar-refractivity contribution in [3.8, 4) is 0 Å². The van der Waals surface area contributed by atoms with Gasteiger partial charge in [-0.3, -0.25) is 9.69 Å². The molecule has 0 bridgehead atoms. The van der Waals surface area contributed by atoms with E-state index in [2.05, 4.69) is 10.6 Å². The van der Waals surface area contributed by atoms with Crippen LogP contribution in [0, 0.1) is 0 Å². The maximum atomic E-state index is 12.2. The van der Waals surface area contributed by atoms with Crippen LogP contribution in [0.1, 0.15) is 0 Å². The SMILES string of the molecule is O=CN1CCN(C(=O)NC2C=CN(c3ccccc3)C(=O)N2)CC1. The lowest BCUT2D eigenvalue weighted by Crippen LogP contribution is -2.58. The summed E-state index contributed by atoms with van der Waals surface area (Å²) in [5, 5.41) is 5.49. The van der Waals surface area contributed by atoms with Crippen LogP contribution in [0.5, 0.6) is 0 Å². The van der Waals surface area contributed by atoms with Gasteiger partial charge in [0.25, 0.3) is 0 Å². The van der Waals surface area contributed by atoms with Gasteiger partial charge in [-0.1, -0.05) is 18.2 Å². The lowest BCUT2D eigenvalue weighted by atomic mass is 10.3. The highest BCUT2D eigenvalue weighted by Crippen LogP contribution is 2.16. The van der Waals surface area contributed by atoms with Crippen LogP contribution in [0.4, 0.5) is 15.3 Å². The Hall–Kier alpha value is -3.03. The summed E-state index contributed by atoms with van der Waals surface area (Å²) in [6.07, 6.45) is 3.59. The fourth-order valence-corrected chi connectivity index (χ4v) is 2.62. The Labute approximate surface area is 139 Å². The molecule has 1 atom stereocenters. The van der Waals surface area contributed by atoms with Gasteiger partial charge in [-0.25, -0.2) is 9.59 Å². The van der Waals surface area contributed by atoms with Gasteiger partial charge < -0.3 is 20.4 Å². The minimum atomic E-state index is -0.561. The fraction of sp³-hybridized carbons (Fsp3) is 0.312. The number of carbonyl (C=O) groups excluding carboxylic acids is 3. The molecule has 24 heavy (non-hydrogen) atoms. The largest absolute Gasteiger partial charge is 0.342 e. The van der Waals surface area contributed by atoms with Crippen molar-refractivity contribution in [2.45, 2.75) is 6.17 Å². The first-order chi connectivity index (χ1) is 11.7. The molecule has 8 nitrogen and oxygen atoms in total. The highest BCUT2D eigenvalue weighted by molar-refractivity contribution is 5.95. The molecule has 1 unspecified atom stereocenters. The molecule has 2 heterocycles. The number of hydrogen-bond donors (Lipinski definition) is 2. The van der Waals surface area contributed by atoms with E-state index < -0.39 is 6.17 Å². The Balaban J connectivity index is 1.56. The average molecular weight is 329 g/mol. The van der Waals surface area contributed by atoms with Gasteiger partial charge in [0.2, 0.25) is 6.41 Å². The van der Waals surface area contributed by atoms with E-state index in [4.69, 9.17) is 0 Å². The van der Waals surface area contributed by atoms with Gasteiger partial charge in [0.05, 0.1) is 5.69 Å². The second-order valence-corrected chi connectivity index (χ2v) is 5.55. The summed E-state index contributed by atoms with van der Waals surface area (Å²) in [5.74, 6) is 0. The van der Waals surface area contributed by atoms with Gasteiger partial charge in [0.1, 0.15) is 6.17 Å². The van der Waals surface area contributed by atoms with E-state index in [0.29, 0.717) is 26.2 Å². The van der Waals surface area contributed by atoms with E-state index in [1.54, 1.807) is 22.1 Å². The second-order valence-electron chi connectivity index (χ2n) is 5.55. The molecule has 1 fully saturated rings. The third kappa shape index (κ3) is 3.48. The van der Waals surface area contributed by atoms with Crippen LogP contribution >= 0.6 is 0 Å². The number of rotatable bonds is 3. The molecule has 0 radical (unpaired) electrons. The van der Waals surface area contributed by atoms with Crippen molar-refractivity contribution in [2.75, 3.05) is 31.1 Å². The lowest BCUT2D eigenvalue weighted by molar-refractivity contribution is -0.119. The Kier molecular flexibility index (Phi) is 4.64. The van der Waals surface area contributed by atoms with Crippen molar-refractivity contribution in [1.29, 1.82) is 0 Å². The zero-order chi connectivity index (χ0) is 16.9. The number of amides is 5. The zero-order valence-corrected chi connectivity index (χ0v) is 13.1. The minimum absolute atomic E-state index is 0.260. The third-order valence-electron chi connectivity index (χ3n) is 3.99. The quantitative estimate of drug-likeness (QED) is 0.794. The van der Waals surface area contributed by atoms with Gasteiger partial charge in [0.15, 0.2) is 0 Å². The molecular weight excluding hydrogens is 310 g/mol. The highest BCUT2D eigenvalue weighted by atomic mass is 16.2. The summed E-state index contributed by atoms with van der Waals surface area (Å²) in [4.78, 5) is 39.8. The number of piperazine rings is 1. The number of hydrogen-bond acceptors (Lipinski definition) is 3. The number of carbonyl (C=O) groups is 3. The summed E-state index contributed by atoms with van der Waals surface area (Å²) in [6, 6.07) is 8.67. The maximum absolute atomic E-state index is 12.2. The van der Waals surface area contributed by atoms with Crippen molar-refractivity contribution in [1.82, 2.24) is 20.4 Å². The standard InChI is InChI=1S/C16H19N5O3/c22-12-19-8-10-20(11-9-19)15(23)17-14-6-7-21(16(24)18-14)13-4-2-1-3-5-13/h1-7,12,14H,8-11H2,(H,17,23)(H,18,24). The van der Waals surface area contributed by atoms with Crippen LogP contribution in [0.15, 0.2) is 42.6 Å². The predicted molar refractivity (Wildman–Crippen MR) is 88.1 cm³/mol. The number of nitrogens with one attached hydrogen (secondary N) is 2. The monoisotopic (exact) mass is 329 g/mol. The molecule has 3 rings (SSSR count). The maximum Gasteiger partial charge on any atom is 0.327 e. The van der Waals surface area contributed by atoms with Gasteiger partial charge in [-0.15, -0.1) is 0 Å². The summed E-state index contributed by atoms with van der Waals surface area (Å²) >= 11 is 0.